The number of nitrogens with two attached hydrogens (primary N) is 1. The van der Waals surface area contributed by atoms with E-state index < -0.39 is 10.0 Å². The third-order valence-electron chi connectivity index (χ3n) is 2.44. The van der Waals surface area contributed by atoms with Gasteiger partial charge in [-0.25, -0.2) is 8.42 Å². The highest BCUT2D eigenvalue weighted by Crippen LogP contribution is 2.21. The van der Waals surface area contributed by atoms with Gasteiger partial charge in [-0.2, -0.15) is 0 Å². The topological polar surface area (TPSA) is 72.2 Å². The minimum atomic E-state index is -3.30. The van der Waals surface area contributed by atoms with E-state index in [1.165, 1.54) is 0 Å². The molecule has 0 radical (unpaired) electrons. The molecule has 17 heavy (non-hydrogen) atoms. The van der Waals surface area contributed by atoms with Gasteiger partial charge in [0.2, 0.25) is 10.0 Å². The van der Waals surface area contributed by atoms with Crippen molar-refractivity contribution in [2.75, 3.05) is 16.2 Å². The highest BCUT2D eigenvalue weighted by atomic mass is 32.2. The number of rotatable bonds is 5. The number of anilines is 2. The first-order valence-corrected chi connectivity index (χ1v) is 7.32. The molecule has 3 N–H and O–H groups in total. The van der Waals surface area contributed by atoms with E-state index >= 15 is 0 Å². The molecule has 5 heteroatoms. The minimum Gasteiger partial charge on any atom is -0.397 e. The van der Waals surface area contributed by atoms with Gasteiger partial charge in [-0.1, -0.05) is 19.9 Å². The Labute approximate surface area is 103 Å². The van der Waals surface area contributed by atoms with E-state index in [9.17, 15) is 8.42 Å². The molecular weight excluding hydrogens is 236 g/mol. The van der Waals surface area contributed by atoms with E-state index in [4.69, 9.17) is 5.73 Å². The van der Waals surface area contributed by atoms with Crippen LogP contribution in [0.25, 0.3) is 0 Å². The third-order valence-corrected chi connectivity index (χ3v) is 3.74. The maximum Gasteiger partial charge on any atom is 0.232 e. The van der Waals surface area contributed by atoms with E-state index in [0.717, 1.165) is 5.56 Å². The van der Waals surface area contributed by atoms with Crippen LogP contribution in [0.4, 0.5) is 11.4 Å². The summed E-state index contributed by atoms with van der Waals surface area (Å²) in [7, 11) is -3.30. The molecule has 0 heterocycles. The first-order chi connectivity index (χ1) is 7.80. The van der Waals surface area contributed by atoms with Crippen LogP contribution in [0, 0.1) is 12.8 Å². The maximum absolute atomic E-state index is 11.8. The van der Waals surface area contributed by atoms with Crippen LogP contribution in [0.1, 0.15) is 25.8 Å². The predicted octanol–water partition coefficient (Wildman–Crippen LogP) is 2.37. The standard InChI is InChI=1S/C12H20N2O2S/c1-9(2)6-7-17(15,16)14-12-8-10(3)4-5-11(12)13/h4-5,8-9,14H,6-7,13H2,1-3H3. The number of sulfonamides is 1. The Hall–Kier alpha value is -1.23. The Kier molecular flexibility index (Phi) is 4.40. The number of aryl methyl sites for hydroxylation is 1. The van der Waals surface area contributed by atoms with Crippen molar-refractivity contribution in [2.45, 2.75) is 27.2 Å². The zero-order chi connectivity index (χ0) is 13.1. The van der Waals surface area contributed by atoms with E-state index in [2.05, 4.69) is 4.72 Å². The Morgan fingerprint density at radius 2 is 2.00 bits per heavy atom. The van der Waals surface area contributed by atoms with E-state index in [1.54, 1.807) is 12.1 Å². The molecule has 0 spiro atoms. The molecule has 1 rings (SSSR count). The lowest BCUT2D eigenvalue weighted by molar-refractivity contribution is 0.578. The molecule has 1 aromatic carbocycles. The van der Waals surface area contributed by atoms with Crippen LogP contribution >= 0.6 is 0 Å². The number of hydrogen-bond acceptors (Lipinski definition) is 3. The van der Waals surface area contributed by atoms with E-state index in [1.807, 2.05) is 26.8 Å². The van der Waals surface area contributed by atoms with Gasteiger partial charge >= 0.3 is 0 Å². The fourth-order valence-electron chi connectivity index (χ4n) is 1.37. The molecule has 0 aliphatic heterocycles. The summed E-state index contributed by atoms with van der Waals surface area (Å²) in [6, 6.07) is 5.29. The summed E-state index contributed by atoms with van der Waals surface area (Å²) in [6.07, 6.45) is 0.640. The van der Waals surface area contributed by atoms with Crippen molar-refractivity contribution in [3.05, 3.63) is 23.8 Å². The van der Waals surface area contributed by atoms with Gasteiger partial charge in [-0.15, -0.1) is 0 Å². The smallest absolute Gasteiger partial charge is 0.232 e. The van der Waals surface area contributed by atoms with Gasteiger partial charge < -0.3 is 5.73 Å². The molecule has 0 atom stereocenters. The normalized spacial score (nSPS) is 11.8. The van der Waals surface area contributed by atoms with Crippen molar-refractivity contribution in [1.82, 2.24) is 0 Å². The molecular formula is C12H20N2O2S. The van der Waals surface area contributed by atoms with Crippen molar-refractivity contribution in [3.63, 3.8) is 0 Å². The second-order valence-electron chi connectivity index (χ2n) is 4.69. The van der Waals surface area contributed by atoms with Crippen molar-refractivity contribution in [1.29, 1.82) is 0 Å². The molecule has 0 saturated heterocycles. The molecule has 0 saturated carbocycles. The zero-order valence-corrected chi connectivity index (χ0v) is 11.3. The number of benzene rings is 1. The molecule has 4 nitrogen and oxygen atoms in total. The maximum atomic E-state index is 11.8. The molecule has 0 aromatic heterocycles. The van der Waals surface area contributed by atoms with Gasteiger partial charge in [0.25, 0.3) is 0 Å². The van der Waals surface area contributed by atoms with Gasteiger partial charge in [-0.05, 0) is 37.0 Å². The quantitative estimate of drug-likeness (QED) is 0.794. The second-order valence-corrected chi connectivity index (χ2v) is 6.54. The summed E-state index contributed by atoms with van der Waals surface area (Å²) in [5.74, 6) is 0.486. The van der Waals surface area contributed by atoms with Crippen LogP contribution < -0.4 is 10.5 Å². The Balaban J connectivity index is 2.79. The summed E-state index contributed by atoms with van der Waals surface area (Å²) in [6.45, 7) is 5.89. The Bertz CT molecular complexity index is 481. The molecule has 0 amide bonds. The first-order valence-electron chi connectivity index (χ1n) is 5.67. The average Bonchev–Trinajstić information content (AvgIpc) is 2.20. The lowest BCUT2D eigenvalue weighted by atomic mass is 10.2. The van der Waals surface area contributed by atoms with Gasteiger partial charge in [0, 0.05) is 0 Å². The fourth-order valence-corrected chi connectivity index (χ4v) is 2.76. The predicted molar refractivity (Wildman–Crippen MR) is 72.5 cm³/mol. The summed E-state index contributed by atoms with van der Waals surface area (Å²) in [5, 5.41) is 0. The van der Waals surface area contributed by atoms with Crippen molar-refractivity contribution >= 4 is 21.4 Å². The largest absolute Gasteiger partial charge is 0.397 e. The molecule has 0 fully saturated rings. The lowest BCUT2D eigenvalue weighted by Crippen LogP contribution is -2.18. The van der Waals surface area contributed by atoms with Crippen LogP contribution in [0.2, 0.25) is 0 Å². The minimum absolute atomic E-state index is 0.123. The Morgan fingerprint density at radius 3 is 2.59 bits per heavy atom. The van der Waals surface area contributed by atoms with Crippen LogP contribution in [-0.2, 0) is 10.0 Å². The van der Waals surface area contributed by atoms with Gasteiger partial charge in [-0.3, -0.25) is 4.72 Å². The van der Waals surface area contributed by atoms with Gasteiger partial charge in [0.15, 0.2) is 0 Å². The SMILES string of the molecule is Cc1ccc(N)c(NS(=O)(=O)CCC(C)C)c1. The van der Waals surface area contributed by atoms with Crippen LogP contribution in [-0.4, -0.2) is 14.2 Å². The van der Waals surface area contributed by atoms with Crippen LogP contribution in [0.15, 0.2) is 18.2 Å². The van der Waals surface area contributed by atoms with Crippen molar-refractivity contribution in [2.24, 2.45) is 5.92 Å². The average molecular weight is 256 g/mol. The third kappa shape index (κ3) is 4.65. The van der Waals surface area contributed by atoms with Crippen LogP contribution in [0.3, 0.4) is 0 Å². The highest BCUT2D eigenvalue weighted by Gasteiger charge is 2.12. The molecule has 0 aliphatic rings. The van der Waals surface area contributed by atoms with Crippen LogP contribution in [0.5, 0.6) is 0 Å². The molecule has 96 valence electrons. The monoisotopic (exact) mass is 256 g/mol. The Morgan fingerprint density at radius 1 is 1.35 bits per heavy atom. The van der Waals surface area contributed by atoms with Crippen molar-refractivity contribution < 1.29 is 8.42 Å². The molecule has 0 aliphatic carbocycles. The summed E-state index contributed by atoms with van der Waals surface area (Å²) < 4.78 is 26.1. The molecule has 0 bridgehead atoms. The number of nitrogens with one attached hydrogen (secondary N) is 1. The number of hydrogen-bond donors (Lipinski definition) is 2. The van der Waals surface area contributed by atoms with Gasteiger partial charge in [0.05, 0.1) is 17.1 Å². The first kappa shape index (κ1) is 13.8. The molecule has 1 aromatic rings. The highest BCUT2D eigenvalue weighted by molar-refractivity contribution is 7.92. The fraction of sp³-hybridized carbons (Fsp3) is 0.500. The zero-order valence-electron chi connectivity index (χ0n) is 10.5. The second kappa shape index (κ2) is 5.40. The van der Waals surface area contributed by atoms with Gasteiger partial charge in [0.1, 0.15) is 0 Å². The number of nitrogen functional groups attached to an aromatic ring is 1. The summed E-state index contributed by atoms with van der Waals surface area (Å²) >= 11 is 0. The lowest BCUT2D eigenvalue weighted by Gasteiger charge is -2.11. The molecule has 0 unspecified atom stereocenters. The van der Waals surface area contributed by atoms with E-state index in [0.29, 0.717) is 23.7 Å². The summed E-state index contributed by atoms with van der Waals surface area (Å²) in [4.78, 5) is 0. The van der Waals surface area contributed by atoms with E-state index in [-0.39, 0.29) is 5.75 Å². The summed E-state index contributed by atoms with van der Waals surface area (Å²) in [5.41, 5.74) is 7.61. The van der Waals surface area contributed by atoms with Crippen molar-refractivity contribution in [3.8, 4) is 0 Å².